The normalized spacial score (nSPS) is 27.1. The average molecular weight is 444 g/mol. The van der Waals surface area contributed by atoms with Crippen LogP contribution in [-0.4, -0.2) is 0 Å². The molecule has 0 atom stereocenters. The molecule has 0 unspecified atom stereocenters. The average Bonchev–Trinajstić information content (AvgIpc) is 2.80. The molecular weight excluding hydrogens is 407 g/mol. The van der Waals surface area contributed by atoms with Crippen LogP contribution >= 0.6 is 0 Å². The third-order valence-electron chi connectivity index (χ3n) is 7.59. The summed E-state index contributed by atoms with van der Waals surface area (Å²) in [5.41, 5.74) is 0.524. The third kappa shape index (κ3) is 7.84. The lowest BCUT2D eigenvalue weighted by Gasteiger charge is -2.29. The fraction of sp³-hybridized carbons (Fsp3) is 0.607. The lowest BCUT2D eigenvalue weighted by Crippen LogP contribution is -2.15. The summed E-state index contributed by atoms with van der Waals surface area (Å²) in [5.74, 6) is 2.77. The van der Waals surface area contributed by atoms with E-state index in [2.05, 4.69) is 6.08 Å². The topological polar surface area (TPSA) is 23.8 Å². The zero-order valence-electron chi connectivity index (χ0n) is 19.0. The van der Waals surface area contributed by atoms with Crippen molar-refractivity contribution in [3.05, 3.63) is 59.7 Å². The minimum absolute atomic E-state index is 0.424. The first-order valence-electron chi connectivity index (χ1n) is 12.4. The van der Waals surface area contributed by atoms with Gasteiger partial charge in [-0.05, 0) is 92.7 Å². The molecule has 2 aliphatic carbocycles. The van der Waals surface area contributed by atoms with Crippen LogP contribution in [0.2, 0.25) is 0 Å². The first-order valence-corrected chi connectivity index (χ1v) is 12.4. The zero-order chi connectivity index (χ0) is 22.8. The molecular formula is C28H36F3N. The smallest absolute Gasteiger partial charge is 0.193 e. The van der Waals surface area contributed by atoms with Gasteiger partial charge in [-0.25, -0.2) is 0 Å². The summed E-state index contributed by atoms with van der Waals surface area (Å²) in [6.45, 7) is 0. The summed E-state index contributed by atoms with van der Waals surface area (Å²) < 4.78 is 38.3. The number of hydrogen-bond acceptors (Lipinski definition) is 1. The number of benzene rings is 1. The van der Waals surface area contributed by atoms with Crippen molar-refractivity contribution < 1.29 is 13.2 Å². The van der Waals surface area contributed by atoms with Gasteiger partial charge in [0, 0.05) is 6.08 Å². The van der Waals surface area contributed by atoms with Gasteiger partial charge < -0.3 is 0 Å². The Morgan fingerprint density at radius 1 is 0.812 bits per heavy atom. The predicted molar refractivity (Wildman–Crippen MR) is 124 cm³/mol. The Morgan fingerprint density at radius 2 is 1.38 bits per heavy atom. The molecule has 2 fully saturated rings. The standard InChI is InChI=1S/C28H36F3N/c29-28(30,31)27-19-17-26(18-20-27)25-15-13-24(14-16-25)8-4-3-7-23-11-9-22(10-12-23)6-2-1-5-21-32/h1-2,5-6,17-20,22-25H,3-4,7-16H2/b5-1+,6-2+/t22-,23-,24-,25-. The van der Waals surface area contributed by atoms with Gasteiger partial charge in [0.2, 0.25) is 0 Å². The lowest BCUT2D eigenvalue weighted by molar-refractivity contribution is -0.137. The summed E-state index contributed by atoms with van der Waals surface area (Å²) in [6, 6.07) is 7.84. The number of allylic oxidation sites excluding steroid dienone is 4. The lowest BCUT2D eigenvalue weighted by atomic mass is 9.76. The number of rotatable bonds is 8. The number of halogens is 3. The van der Waals surface area contributed by atoms with E-state index in [1.54, 1.807) is 12.1 Å². The van der Waals surface area contributed by atoms with Crippen LogP contribution in [0.15, 0.2) is 48.6 Å². The van der Waals surface area contributed by atoms with Crippen LogP contribution in [0.5, 0.6) is 0 Å². The van der Waals surface area contributed by atoms with Crippen molar-refractivity contribution in [1.29, 1.82) is 5.26 Å². The van der Waals surface area contributed by atoms with Gasteiger partial charge in [-0.15, -0.1) is 0 Å². The van der Waals surface area contributed by atoms with E-state index in [-0.39, 0.29) is 0 Å². The maximum atomic E-state index is 12.8. The van der Waals surface area contributed by atoms with E-state index in [1.165, 1.54) is 82.4 Å². The highest BCUT2D eigenvalue weighted by atomic mass is 19.4. The molecule has 0 bridgehead atoms. The maximum absolute atomic E-state index is 12.8. The SMILES string of the molecule is N#C/C=C/C=C/[C@H]1CC[C@H](CCCC[C@H]2CC[C@H](c3ccc(C(F)(F)F)cc3)CC2)CC1. The molecule has 3 rings (SSSR count). The van der Waals surface area contributed by atoms with Gasteiger partial charge in [-0.2, -0.15) is 18.4 Å². The molecule has 1 aromatic carbocycles. The fourth-order valence-electron chi connectivity index (χ4n) is 5.58. The highest BCUT2D eigenvalue weighted by molar-refractivity contribution is 5.27. The van der Waals surface area contributed by atoms with Gasteiger partial charge in [0.1, 0.15) is 0 Å². The van der Waals surface area contributed by atoms with E-state index >= 15 is 0 Å². The van der Waals surface area contributed by atoms with E-state index in [0.29, 0.717) is 11.8 Å². The van der Waals surface area contributed by atoms with Crippen LogP contribution in [0.3, 0.4) is 0 Å². The molecule has 0 heterocycles. The van der Waals surface area contributed by atoms with E-state index < -0.39 is 11.7 Å². The summed E-state index contributed by atoms with van der Waals surface area (Å²) in [6.07, 6.45) is 18.5. The second kappa shape index (κ2) is 12.3. The Morgan fingerprint density at radius 3 is 1.91 bits per heavy atom. The van der Waals surface area contributed by atoms with Crippen LogP contribution in [0.1, 0.15) is 94.1 Å². The molecule has 0 aliphatic heterocycles. The molecule has 0 radical (unpaired) electrons. The molecule has 0 saturated heterocycles. The predicted octanol–water partition coefficient (Wildman–Crippen LogP) is 8.98. The molecule has 174 valence electrons. The van der Waals surface area contributed by atoms with Crippen molar-refractivity contribution in [3.63, 3.8) is 0 Å². The molecule has 0 amide bonds. The monoisotopic (exact) mass is 443 g/mol. The molecule has 1 nitrogen and oxygen atoms in total. The van der Waals surface area contributed by atoms with Crippen LogP contribution in [-0.2, 0) is 6.18 Å². The Bertz CT molecular complexity index is 768. The molecule has 4 heteroatoms. The molecule has 32 heavy (non-hydrogen) atoms. The van der Waals surface area contributed by atoms with Crippen LogP contribution < -0.4 is 0 Å². The maximum Gasteiger partial charge on any atom is 0.416 e. The van der Waals surface area contributed by atoms with E-state index in [9.17, 15) is 13.2 Å². The number of hydrogen-bond donors (Lipinski definition) is 0. The quantitative estimate of drug-likeness (QED) is 0.223. The van der Waals surface area contributed by atoms with E-state index in [1.807, 2.05) is 18.2 Å². The number of nitrogens with zero attached hydrogens (tertiary/aromatic N) is 1. The van der Waals surface area contributed by atoms with Gasteiger partial charge in [0.25, 0.3) is 0 Å². The van der Waals surface area contributed by atoms with Crippen molar-refractivity contribution >= 4 is 0 Å². The molecule has 2 saturated carbocycles. The van der Waals surface area contributed by atoms with Crippen LogP contribution in [0, 0.1) is 29.1 Å². The van der Waals surface area contributed by atoms with Crippen molar-refractivity contribution in [2.75, 3.05) is 0 Å². The second-order valence-corrected chi connectivity index (χ2v) is 9.78. The van der Waals surface area contributed by atoms with Crippen molar-refractivity contribution in [2.45, 2.75) is 89.1 Å². The summed E-state index contributed by atoms with van der Waals surface area (Å²) in [5, 5.41) is 8.51. The summed E-state index contributed by atoms with van der Waals surface area (Å²) in [7, 11) is 0. The highest BCUT2D eigenvalue weighted by Crippen LogP contribution is 2.39. The Hall–Kier alpha value is -2.02. The third-order valence-corrected chi connectivity index (χ3v) is 7.59. The van der Waals surface area contributed by atoms with Gasteiger partial charge >= 0.3 is 6.18 Å². The largest absolute Gasteiger partial charge is 0.416 e. The van der Waals surface area contributed by atoms with Crippen LogP contribution in [0.4, 0.5) is 13.2 Å². The fourth-order valence-corrected chi connectivity index (χ4v) is 5.58. The molecule has 1 aromatic rings. The first-order chi connectivity index (χ1) is 15.5. The molecule has 0 N–H and O–H groups in total. The van der Waals surface area contributed by atoms with Crippen molar-refractivity contribution in [2.24, 2.45) is 17.8 Å². The second-order valence-electron chi connectivity index (χ2n) is 9.78. The Labute approximate surface area is 191 Å². The number of alkyl halides is 3. The molecule has 2 aliphatic rings. The van der Waals surface area contributed by atoms with Gasteiger partial charge in [-0.1, -0.05) is 56.0 Å². The zero-order valence-corrected chi connectivity index (χ0v) is 19.0. The summed E-state index contributed by atoms with van der Waals surface area (Å²) >= 11 is 0. The van der Waals surface area contributed by atoms with Gasteiger partial charge in [0.15, 0.2) is 0 Å². The Kier molecular flexibility index (Phi) is 9.45. The number of nitriles is 1. The Balaban J connectivity index is 1.27. The van der Waals surface area contributed by atoms with Gasteiger partial charge in [0.05, 0.1) is 11.6 Å². The van der Waals surface area contributed by atoms with Crippen LogP contribution in [0.25, 0.3) is 0 Å². The first kappa shape index (κ1) is 24.6. The van der Waals surface area contributed by atoms with Crippen molar-refractivity contribution in [1.82, 2.24) is 0 Å². The highest BCUT2D eigenvalue weighted by Gasteiger charge is 2.30. The summed E-state index contributed by atoms with van der Waals surface area (Å²) in [4.78, 5) is 0. The van der Waals surface area contributed by atoms with Gasteiger partial charge in [-0.3, -0.25) is 0 Å². The van der Waals surface area contributed by atoms with Crippen molar-refractivity contribution in [3.8, 4) is 6.07 Å². The molecule has 0 aromatic heterocycles. The minimum Gasteiger partial charge on any atom is -0.193 e. The van der Waals surface area contributed by atoms with E-state index in [0.717, 1.165) is 30.2 Å². The van der Waals surface area contributed by atoms with E-state index in [4.69, 9.17) is 5.26 Å². The molecule has 0 spiro atoms. The number of unbranched alkanes of at least 4 members (excludes halogenated alkanes) is 1. The minimum atomic E-state index is -4.25.